The van der Waals surface area contributed by atoms with Crippen LogP contribution in [-0.4, -0.2) is 72.6 Å². The van der Waals surface area contributed by atoms with Gasteiger partial charge in [0.05, 0.1) is 24.8 Å². The van der Waals surface area contributed by atoms with Gasteiger partial charge in [-0.15, -0.1) is 0 Å². The number of likely N-dealkylation sites (tertiary alicyclic amines) is 1. The van der Waals surface area contributed by atoms with E-state index < -0.39 is 30.8 Å². The van der Waals surface area contributed by atoms with E-state index in [-0.39, 0.29) is 18.2 Å². The number of nitrogens with zero attached hydrogens (tertiary/aromatic N) is 2. The largest absolute Gasteiger partial charge is 0.492 e. The van der Waals surface area contributed by atoms with Crippen LogP contribution in [0.15, 0.2) is 42.5 Å². The zero-order valence-electron chi connectivity index (χ0n) is 18.9. The van der Waals surface area contributed by atoms with Crippen molar-refractivity contribution in [3.05, 3.63) is 64.7 Å². The molecule has 0 aliphatic carbocycles. The lowest BCUT2D eigenvalue weighted by molar-refractivity contribution is -0.155. The normalized spacial score (nSPS) is 21.7. The van der Waals surface area contributed by atoms with E-state index in [0.29, 0.717) is 36.4 Å². The van der Waals surface area contributed by atoms with Gasteiger partial charge in [0.15, 0.2) is 0 Å². The predicted octanol–water partition coefficient (Wildman–Crippen LogP) is 4.56. The van der Waals surface area contributed by atoms with Gasteiger partial charge in [-0.3, -0.25) is 14.2 Å². The van der Waals surface area contributed by atoms with Crippen LogP contribution in [-0.2, 0) is 6.42 Å². The number of hydrogen-bond donors (Lipinski definition) is 1. The van der Waals surface area contributed by atoms with Crippen LogP contribution in [0.25, 0.3) is 0 Å². The van der Waals surface area contributed by atoms with Gasteiger partial charge >= 0.3 is 12.1 Å². The Labute approximate surface area is 195 Å². The Balaban J connectivity index is 1.53. The molecule has 2 atom stereocenters. The summed E-state index contributed by atoms with van der Waals surface area (Å²) in [5, 5.41) is 9.33. The van der Waals surface area contributed by atoms with Crippen molar-refractivity contribution in [2.75, 3.05) is 39.5 Å². The van der Waals surface area contributed by atoms with E-state index in [1.807, 2.05) is 0 Å². The van der Waals surface area contributed by atoms with Crippen LogP contribution in [0.4, 0.5) is 17.6 Å². The van der Waals surface area contributed by atoms with Crippen molar-refractivity contribution >= 4 is 5.97 Å². The molecule has 2 heterocycles. The van der Waals surface area contributed by atoms with Crippen LogP contribution < -0.4 is 4.74 Å². The summed E-state index contributed by atoms with van der Waals surface area (Å²) in [6, 6.07) is 10.6. The fourth-order valence-corrected chi connectivity index (χ4v) is 4.87. The number of halogens is 4. The lowest BCUT2D eigenvalue weighted by Crippen LogP contribution is -2.49. The van der Waals surface area contributed by atoms with Crippen LogP contribution in [0.2, 0.25) is 0 Å². The van der Waals surface area contributed by atoms with E-state index in [4.69, 9.17) is 4.74 Å². The molecule has 2 aromatic rings. The minimum atomic E-state index is -4.37. The predicted molar refractivity (Wildman–Crippen MR) is 119 cm³/mol. The van der Waals surface area contributed by atoms with Gasteiger partial charge in [0.2, 0.25) is 0 Å². The van der Waals surface area contributed by atoms with E-state index in [1.54, 1.807) is 43.3 Å². The Morgan fingerprint density at radius 1 is 1.15 bits per heavy atom. The Bertz CT molecular complexity index is 1010. The average Bonchev–Trinajstić information content (AvgIpc) is 2.75. The summed E-state index contributed by atoms with van der Waals surface area (Å²) in [6.07, 6.45) is -4.03. The topological polar surface area (TPSA) is 53.0 Å². The second-order valence-corrected chi connectivity index (χ2v) is 9.16. The number of aromatic carboxylic acids is 1. The number of fused-ring (bicyclic) bond motifs is 1. The van der Waals surface area contributed by atoms with Crippen LogP contribution in [0.3, 0.4) is 0 Å². The van der Waals surface area contributed by atoms with Gasteiger partial charge in [-0.05, 0) is 54.3 Å². The Hall–Kier alpha value is -2.65. The van der Waals surface area contributed by atoms with Crippen LogP contribution in [0, 0.1) is 5.92 Å². The molecule has 2 aromatic carbocycles. The number of alkyl halides is 4. The molecule has 2 aliphatic rings. The Morgan fingerprint density at radius 2 is 1.85 bits per heavy atom. The molecular weight excluding hydrogens is 452 g/mol. The number of carboxylic acid groups (broad SMARTS) is 1. The third-order valence-electron chi connectivity index (χ3n) is 6.58. The van der Waals surface area contributed by atoms with Crippen molar-refractivity contribution in [1.82, 2.24) is 9.80 Å². The molecule has 0 amide bonds. The Morgan fingerprint density at radius 3 is 2.47 bits per heavy atom. The maximum absolute atomic E-state index is 13.4. The molecule has 0 spiro atoms. The summed E-state index contributed by atoms with van der Waals surface area (Å²) < 4.78 is 58.6. The number of carboxylic acids is 1. The third kappa shape index (κ3) is 5.52. The van der Waals surface area contributed by atoms with E-state index in [9.17, 15) is 27.5 Å². The molecule has 5 nitrogen and oxygen atoms in total. The van der Waals surface area contributed by atoms with Crippen LogP contribution in [0.1, 0.15) is 40.0 Å². The molecule has 0 bridgehead atoms. The van der Waals surface area contributed by atoms with E-state index >= 15 is 0 Å². The summed E-state index contributed by atoms with van der Waals surface area (Å²) in [5.74, 6) is -0.338. The van der Waals surface area contributed by atoms with E-state index in [2.05, 4.69) is 4.90 Å². The van der Waals surface area contributed by atoms with Crippen LogP contribution >= 0.6 is 0 Å². The first kappa shape index (κ1) is 24.5. The fraction of sp³-hybridized carbons (Fsp3) is 0.480. The summed E-state index contributed by atoms with van der Waals surface area (Å²) in [4.78, 5) is 14.9. The molecule has 1 fully saturated rings. The SMILES string of the molecule is C[C@H]1Cc2cc(C(=O)O)ccc2[C@H](c2ccc(OCCN3CC(CF)C3)cc2)N1CC(F)(F)F. The zero-order valence-corrected chi connectivity index (χ0v) is 18.9. The highest BCUT2D eigenvalue weighted by Crippen LogP contribution is 2.40. The summed E-state index contributed by atoms with van der Waals surface area (Å²) in [7, 11) is 0. The highest BCUT2D eigenvalue weighted by molar-refractivity contribution is 5.88. The molecule has 0 aromatic heterocycles. The molecule has 0 radical (unpaired) electrons. The molecule has 34 heavy (non-hydrogen) atoms. The summed E-state index contributed by atoms with van der Waals surface area (Å²) >= 11 is 0. The second kappa shape index (κ2) is 9.92. The molecule has 4 rings (SSSR count). The molecule has 1 N–H and O–H groups in total. The molecule has 9 heteroatoms. The smallest absolute Gasteiger partial charge is 0.401 e. The van der Waals surface area contributed by atoms with Crippen molar-refractivity contribution in [3.8, 4) is 5.75 Å². The average molecular weight is 481 g/mol. The van der Waals surface area contributed by atoms with E-state index in [1.165, 1.54) is 11.0 Å². The first-order chi connectivity index (χ1) is 16.1. The minimum absolute atomic E-state index is 0.117. The number of hydrogen-bond acceptors (Lipinski definition) is 4. The molecular formula is C25H28F4N2O3. The van der Waals surface area contributed by atoms with Crippen LogP contribution in [0.5, 0.6) is 5.75 Å². The van der Waals surface area contributed by atoms with Gasteiger partial charge in [-0.2, -0.15) is 13.2 Å². The van der Waals surface area contributed by atoms with Gasteiger partial charge in [0.25, 0.3) is 0 Å². The van der Waals surface area contributed by atoms with Gasteiger partial charge in [0, 0.05) is 31.6 Å². The van der Waals surface area contributed by atoms with Crippen molar-refractivity contribution in [1.29, 1.82) is 0 Å². The Kier molecular flexibility index (Phi) is 7.14. The monoisotopic (exact) mass is 480 g/mol. The quantitative estimate of drug-likeness (QED) is 0.562. The molecule has 1 saturated heterocycles. The number of benzene rings is 2. The van der Waals surface area contributed by atoms with Gasteiger partial charge in [0.1, 0.15) is 12.4 Å². The first-order valence-corrected chi connectivity index (χ1v) is 11.3. The molecule has 2 aliphatic heterocycles. The molecule has 0 unspecified atom stereocenters. The maximum Gasteiger partial charge on any atom is 0.401 e. The van der Waals surface area contributed by atoms with Gasteiger partial charge in [-0.1, -0.05) is 18.2 Å². The minimum Gasteiger partial charge on any atom is -0.492 e. The fourth-order valence-electron chi connectivity index (χ4n) is 4.87. The highest BCUT2D eigenvalue weighted by atomic mass is 19.4. The van der Waals surface area contributed by atoms with Gasteiger partial charge in [-0.25, -0.2) is 4.79 Å². The zero-order chi connectivity index (χ0) is 24.5. The lowest BCUT2D eigenvalue weighted by atomic mass is 9.84. The van der Waals surface area contributed by atoms with Crippen molar-refractivity contribution in [2.45, 2.75) is 31.6 Å². The van der Waals surface area contributed by atoms with E-state index in [0.717, 1.165) is 18.7 Å². The third-order valence-corrected chi connectivity index (χ3v) is 6.58. The first-order valence-electron chi connectivity index (χ1n) is 11.3. The van der Waals surface area contributed by atoms with Gasteiger partial charge < -0.3 is 9.84 Å². The number of carbonyl (C=O) groups is 1. The molecule has 0 saturated carbocycles. The summed E-state index contributed by atoms with van der Waals surface area (Å²) in [6.45, 7) is 2.97. The van der Waals surface area contributed by atoms with Crippen molar-refractivity contribution < 1.29 is 32.2 Å². The number of rotatable bonds is 8. The van der Waals surface area contributed by atoms with Crippen molar-refractivity contribution in [2.24, 2.45) is 5.92 Å². The molecule has 184 valence electrons. The number of ether oxygens (including phenoxy) is 1. The standard InChI is InChI=1S/C25H28F4N2O3/c1-16-10-20-11-19(24(32)33)4-7-22(20)23(31(16)15-25(27,28)29)18-2-5-21(6-3-18)34-9-8-30-13-17(12-26)14-30/h2-7,11,16-17,23H,8-10,12-15H2,1H3,(H,32,33)/t16-,23-/m0/s1. The summed E-state index contributed by atoms with van der Waals surface area (Å²) in [5.41, 5.74) is 2.23. The maximum atomic E-state index is 13.4. The lowest BCUT2D eigenvalue weighted by Gasteiger charge is -2.42. The van der Waals surface area contributed by atoms with Crippen molar-refractivity contribution in [3.63, 3.8) is 0 Å². The second-order valence-electron chi connectivity index (χ2n) is 9.16. The highest BCUT2D eigenvalue weighted by Gasteiger charge is 2.40.